The van der Waals surface area contributed by atoms with E-state index in [0.29, 0.717) is 13.1 Å². The number of rotatable bonds is 7. The van der Waals surface area contributed by atoms with Crippen LogP contribution in [0.4, 0.5) is 0 Å². The molecule has 25 heavy (non-hydrogen) atoms. The lowest BCUT2D eigenvalue weighted by Crippen LogP contribution is -2.43. The first-order chi connectivity index (χ1) is 12.2. The molecule has 0 saturated carbocycles. The van der Waals surface area contributed by atoms with E-state index in [0.717, 1.165) is 48.8 Å². The van der Waals surface area contributed by atoms with Crippen molar-refractivity contribution in [1.29, 1.82) is 0 Å². The van der Waals surface area contributed by atoms with Gasteiger partial charge in [-0.3, -0.25) is 4.79 Å². The van der Waals surface area contributed by atoms with E-state index in [4.69, 9.17) is 4.74 Å². The topological polar surface area (TPSA) is 81.1 Å². The molecule has 134 valence electrons. The van der Waals surface area contributed by atoms with E-state index >= 15 is 0 Å². The summed E-state index contributed by atoms with van der Waals surface area (Å²) in [5, 5.41) is 10.7. The van der Waals surface area contributed by atoms with Crippen LogP contribution >= 0.6 is 0 Å². The van der Waals surface area contributed by atoms with E-state index < -0.39 is 0 Å². The number of benzene rings is 1. The van der Waals surface area contributed by atoms with Crippen LogP contribution in [0.1, 0.15) is 23.6 Å². The number of ether oxygens (including phenoxy) is 1. The third-order valence-corrected chi connectivity index (χ3v) is 4.42. The maximum absolute atomic E-state index is 12.0. The predicted octanol–water partition coefficient (Wildman–Crippen LogP) is 0.858. The summed E-state index contributed by atoms with van der Waals surface area (Å²) in [4.78, 5) is 16.4. The molecule has 0 aliphatic carbocycles. The maximum atomic E-state index is 12.0. The van der Waals surface area contributed by atoms with Gasteiger partial charge >= 0.3 is 0 Å². The van der Waals surface area contributed by atoms with Crippen LogP contribution in [0.2, 0.25) is 0 Å². The summed E-state index contributed by atoms with van der Waals surface area (Å²) in [6.45, 7) is 3.59. The molecular formula is C18H25N5O2. The molecule has 3 rings (SSSR count). The van der Waals surface area contributed by atoms with Crippen molar-refractivity contribution in [3.63, 3.8) is 0 Å². The fourth-order valence-electron chi connectivity index (χ4n) is 3.15. The molecule has 0 unspecified atom stereocenters. The fraction of sp³-hybridized carbons (Fsp3) is 0.500. The van der Waals surface area contributed by atoms with Crippen molar-refractivity contribution in [2.75, 3.05) is 20.2 Å². The molecule has 1 aliphatic rings. The Morgan fingerprint density at radius 1 is 1.40 bits per heavy atom. The molecule has 2 N–H and O–H groups in total. The van der Waals surface area contributed by atoms with Crippen LogP contribution in [0.5, 0.6) is 5.75 Å². The Bertz CT molecular complexity index is 728. The van der Waals surface area contributed by atoms with Gasteiger partial charge in [-0.25, -0.2) is 9.67 Å². The number of nitrogens with zero attached hydrogens (tertiary/aromatic N) is 3. The molecule has 1 aromatic carbocycles. The van der Waals surface area contributed by atoms with Crippen molar-refractivity contribution in [1.82, 2.24) is 25.4 Å². The van der Waals surface area contributed by atoms with E-state index in [1.54, 1.807) is 7.11 Å². The lowest BCUT2D eigenvalue weighted by atomic mass is 10.1. The highest BCUT2D eigenvalue weighted by Gasteiger charge is 2.20. The molecule has 0 radical (unpaired) electrons. The molecule has 1 aromatic heterocycles. The zero-order valence-electron chi connectivity index (χ0n) is 14.8. The second-order valence-corrected chi connectivity index (χ2v) is 6.29. The summed E-state index contributed by atoms with van der Waals surface area (Å²) in [5.74, 6) is 2.72. The average Bonchev–Trinajstić information content (AvgIpc) is 2.99. The van der Waals surface area contributed by atoms with E-state index in [-0.39, 0.29) is 11.9 Å². The maximum Gasteiger partial charge on any atom is 0.233 e. The van der Waals surface area contributed by atoms with Crippen molar-refractivity contribution in [3.05, 3.63) is 41.5 Å². The van der Waals surface area contributed by atoms with Crippen LogP contribution in [-0.4, -0.2) is 46.9 Å². The van der Waals surface area contributed by atoms with Crippen LogP contribution < -0.4 is 15.4 Å². The Balaban J connectivity index is 1.39. The highest BCUT2D eigenvalue weighted by molar-refractivity contribution is 5.78. The lowest BCUT2D eigenvalue weighted by Gasteiger charge is -2.23. The number of carbonyl (C=O) groups is 1. The molecule has 0 spiro atoms. The zero-order valence-corrected chi connectivity index (χ0v) is 14.8. The number of carbonyl (C=O) groups excluding carboxylic acids is 1. The molecule has 0 saturated heterocycles. The van der Waals surface area contributed by atoms with Crippen LogP contribution in [-0.2, 0) is 24.2 Å². The predicted molar refractivity (Wildman–Crippen MR) is 94.6 cm³/mol. The van der Waals surface area contributed by atoms with Gasteiger partial charge in [-0.2, -0.15) is 5.10 Å². The summed E-state index contributed by atoms with van der Waals surface area (Å²) in [6.07, 6.45) is 2.63. The largest absolute Gasteiger partial charge is 0.496 e. The zero-order chi connectivity index (χ0) is 17.6. The Kier molecular flexibility index (Phi) is 5.65. The van der Waals surface area contributed by atoms with Crippen LogP contribution in [0.15, 0.2) is 24.3 Å². The fourth-order valence-corrected chi connectivity index (χ4v) is 3.15. The number of nitrogens with one attached hydrogen (secondary N) is 2. The van der Waals surface area contributed by atoms with E-state index in [1.807, 2.05) is 35.9 Å². The molecule has 0 fully saturated rings. The number of aromatic nitrogens is 3. The van der Waals surface area contributed by atoms with Gasteiger partial charge < -0.3 is 15.4 Å². The second kappa shape index (κ2) is 8.11. The third kappa shape index (κ3) is 4.57. The van der Waals surface area contributed by atoms with Gasteiger partial charge in [-0.1, -0.05) is 18.2 Å². The van der Waals surface area contributed by atoms with Gasteiger partial charge in [0.25, 0.3) is 0 Å². The Morgan fingerprint density at radius 2 is 2.24 bits per heavy atom. The van der Waals surface area contributed by atoms with Gasteiger partial charge in [0.2, 0.25) is 5.91 Å². The molecule has 2 heterocycles. The molecule has 1 atom stereocenters. The molecule has 7 heteroatoms. The second-order valence-electron chi connectivity index (χ2n) is 6.29. The summed E-state index contributed by atoms with van der Waals surface area (Å²) < 4.78 is 7.26. The molecule has 0 bridgehead atoms. The summed E-state index contributed by atoms with van der Waals surface area (Å²) in [6, 6.07) is 8.13. The molecule has 1 aliphatic heterocycles. The minimum absolute atomic E-state index is 0.00969. The van der Waals surface area contributed by atoms with Crippen LogP contribution in [0.25, 0.3) is 0 Å². The van der Waals surface area contributed by atoms with Crippen LogP contribution in [0.3, 0.4) is 0 Å². The monoisotopic (exact) mass is 343 g/mol. The van der Waals surface area contributed by atoms with E-state index in [9.17, 15) is 4.79 Å². The van der Waals surface area contributed by atoms with Gasteiger partial charge in [-0.15, -0.1) is 0 Å². The number of fused-ring (bicyclic) bond motifs is 1. The van der Waals surface area contributed by atoms with Crippen molar-refractivity contribution < 1.29 is 9.53 Å². The third-order valence-electron chi connectivity index (χ3n) is 4.42. The van der Waals surface area contributed by atoms with E-state index in [1.165, 1.54) is 0 Å². The Morgan fingerprint density at radius 3 is 3.08 bits per heavy atom. The number of para-hydroxylation sites is 1. The first-order valence-corrected chi connectivity index (χ1v) is 8.68. The molecule has 7 nitrogen and oxygen atoms in total. The summed E-state index contributed by atoms with van der Waals surface area (Å²) in [5.41, 5.74) is 1.10. The minimum atomic E-state index is 0.00969. The van der Waals surface area contributed by atoms with Gasteiger partial charge in [0.05, 0.1) is 20.2 Å². The quantitative estimate of drug-likeness (QED) is 0.779. The SMILES string of the molecule is COc1ccccc1CCNC(=O)CN[C@H]1CCc2nc(C)nn2C1. The molecular weight excluding hydrogens is 318 g/mol. The van der Waals surface area contributed by atoms with Gasteiger partial charge in [0.15, 0.2) is 0 Å². The number of methoxy groups -OCH3 is 1. The Hall–Kier alpha value is -2.41. The average molecular weight is 343 g/mol. The van der Waals surface area contributed by atoms with Crippen molar-refractivity contribution in [2.45, 2.75) is 38.8 Å². The number of aryl methyl sites for hydroxylation is 2. The number of hydrogen-bond acceptors (Lipinski definition) is 5. The van der Waals surface area contributed by atoms with Gasteiger partial charge in [-0.05, 0) is 31.4 Å². The summed E-state index contributed by atoms with van der Waals surface area (Å²) in [7, 11) is 1.66. The molecule has 1 amide bonds. The van der Waals surface area contributed by atoms with Crippen molar-refractivity contribution >= 4 is 5.91 Å². The number of amides is 1. The lowest BCUT2D eigenvalue weighted by molar-refractivity contribution is -0.120. The standard InChI is InChI=1S/C18H25N5O2/c1-13-21-17-8-7-15(12-23(17)22-13)20-11-18(24)19-10-9-14-5-3-4-6-16(14)25-2/h3-6,15,20H,7-12H2,1-2H3,(H,19,24)/t15-/m0/s1. The summed E-state index contributed by atoms with van der Waals surface area (Å²) >= 11 is 0. The van der Waals surface area contributed by atoms with E-state index in [2.05, 4.69) is 20.7 Å². The van der Waals surface area contributed by atoms with Gasteiger partial charge in [0.1, 0.15) is 17.4 Å². The highest BCUT2D eigenvalue weighted by atomic mass is 16.5. The number of hydrogen-bond donors (Lipinski definition) is 2. The Labute approximate surface area is 147 Å². The normalized spacial score (nSPS) is 16.3. The smallest absolute Gasteiger partial charge is 0.233 e. The van der Waals surface area contributed by atoms with Crippen molar-refractivity contribution in [3.8, 4) is 5.75 Å². The highest BCUT2D eigenvalue weighted by Crippen LogP contribution is 2.17. The van der Waals surface area contributed by atoms with Crippen molar-refractivity contribution in [2.24, 2.45) is 0 Å². The molecule has 2 aromatic rings. The van der Waals surface area contributed by atoms with Crippen LogP contribution in [0, 0.1) is 6.92 Å². The van der Waals surface area contributed by atoms with Gasteiger partial charge in [0, 0.05) is 19.0 Å². The first kappa shape index (κ1) is 17.4. The first-order valence-electron chi connectivity index (χ1n) is 8.68. The minimum Gasteiger partial charge on any atom is -0.496 e.